The van der Waals surface area contributed by atoms with Crippen LogP contribution in [0, 0.1) is 6.92 Å². The predicted octanol–water partition coefficient (Wildman–Crippen LogP) is 4.04. The van der Waals surface area contributed by atoms with Crippen molar-refractivity contribution in [3.63, 3.8) is 0 Å². The quantitative estimate of drug-likeness (QED) is 0.765. The number of rotatable bonds is 5. The van der Waals surface area contributed by atoms with Gasteiger partial charge in [0.05, 0.1) is 0 Å². The van der Waals surface area contributed by atoms with Gasteiger partial charge in [-0.15, -0.1) is 0 Å². The van der Waals surface area contributed by atoms with Crippen LogP contribution in [-0.2, 0) is 6.54 Å². The summed E-state index contributed by atoms with van der Waals surface area (Å²) in [6.07, 6.45) is 3.47. The van der Waals surface area contributed by atoms with Crippen LogP contribution in [0.25, 0.3) is 0 Å². The molecule has 3 rings (SSSR count). The predicted molar refractivity (Wildman–Crippen MR) is 80.1 cm³/mol. The van der Waals surface area contributed by atoms with E-state index < -0.39 is 0 Å². The molecule has 0 aliphatic heterocycles. The van der Waals surface area contributed by atoms with Gasteiger partial charge in [-0.1, -0.05) is 0 Å². The fourth-order valence-electron chi connectivity index (χ4n) is 2.45. The average molecular weight is 271 g/mol. The van der Waals surface area contributed by atoms with Gasteiger partial charge in [-0.2, -0.15) is 11.3 Å². The zero-order valence-corrected chi connectivity index (χ0v) is 11.8. The van der Waals surface area contributed by atoms with Crippen molar-refractivity contribution in [2.75, 3.05) is 4.90 Å². The lowest BCUT2D eigenvalue weighted by Gasteiger charge is -2.26. The second-order valence-corrected chi connectivity index (χ2v) is 5.93. The molecular weight excluding hydrogens is 254 g/mol. The van der Waals surface area contributed by atoms with Crippen molar-refractivity contribution in [2.45, 2.75) is 32.4 Å². The first kappa shape index (κ1) is 12.4. The Morgan fingerprint density at radius 3 is 2.79 bits per heavy atom. The highest BCUT2D eigenvalue weighted by Gasteiger charge is 2.30. The molecule has 0 spiro atoms. The molecule has 2 aromatic rings. The van der Waals surface area contributed by atoms with Crippen molar-refractivity contribution in [2.24, 2.45) is 0 Å². The summed E-state index contributed by atoms with van der Waals surface area (Å²) in [6.45, 7) is 3.06. The van der Waals surface area contributed by atoms with Crippen molar-refractivity contribution in [1.29, 1.82) is 0 Å². The van der Waals surface area contributed by atoms with Crippen molar-refractivity contribution >= 4 is 23.3 Å². The molecule has 2 nitrogen and oxygen atoms in total. The molecule has 98 valence electrons. The summed E-state index contributed by atoms with van der Waals surface area (Å²) in [5, 5.41) is 4.34. The van der Waals surface area contributed by atoms with E-state index in [2.05, 4.69) is 34.7 Å². The van der Waals surface area contributed by atoms with Gasteiger partial charge in [0.15, 0.2) is 0 Å². The number of thiophene rings is 1. The van der Waals surface area contributed by atoms with Crippen molar-refractivity contribution in [1.82, 2.24) is 0 Å². The molecule has 1 saturated carbocycles. The number of carbonyl (C=O) groups is 1. The van der Waals surface area contributed by atoms with Crippen LogP contribution < -0.4 is 4.90 Å². The minimum Gasteiger partial charge on any atom is -0.364 e. The number of anilines is 1. The summed E-state index contributed by atoms with van der Waals surface area (Å²) in [5.41, 5.74) is 4.58. The number of hydrogen-bond acceptors (Lipinski definition) is 3. The highest BCUT2D eigenvalue weighted by molar-refractivity contribution is 7.07. The van der Waals surface area contributed by atoms with Crippen LogP contribution >= 0.6 is 11.3 Å². The van der Waals surface area contributed by atoms with Gasteiger partial charge in [0.2, 0.25) is 0 Å². The topological polar surface area (TPSA) is 20.3 Å². The third-order valence-electron chi connectivity index (χ3n) is 3.59. The molecule has 0 bridgehead atoms. The first-order valence-corrected chi connectivity index (χ1v) is 7.56. The summed E-state index contributed by atoms with van der Waals surface area (Å²) < 4.78 is 0. The van der Waals surface area contributed by atoms with E-state index in [-0.39, 0.29) is 0 Å². The lowest BCUT2D eigenvalue weighted by atomic mass is 10.1. The molecule has 1 fully saturated rings. The Bertz CT molecular complexity index is 572. The van der Waals surface area contributed by atoms with Gasteiger partial charge in [0.25, 0.3) is 0 Å². The molecule has 3 heteroatoms. The molecule has 19 heavy (non-hydrogen) atoms. The Kier molecular flexibility index (Phi) is 3.38. The number of aryl methyl sites for hydroxylation is 1. The van der Waals surface area contributed by atoms with E-state index in [0.717, 1.165) is 18.4 Å². The van der Waals surface area contributed by atoms with Crippen LogP contribution in [0.2, 0.25) is 0 Å². The van der Waals surface area contributed by atoms with Gasteiger partial charge in [-0.25, -0.2) is 0 Å². The van der Waals surface area contributed by atoms with Gasteiger partial charge in [-0.05, 0) is 65.9 Å². The van der Waals surface area contributed by atoms with Crippen molar-refractivity contribution in [3.05, 3.63) is 51.7 Å². The van der Waals surface area contributed by atoms with E-state index in [9.17, 15) is 4.79 Å². The number of nitrogens with zero attached hydrogens (tertiary/aromatic N) is 1. The van der Waals surface area contributed by atoms with Gasteiger partial charge < -0.3 is 4.90 Å². The molecule has 0 saturated heterocycles. The first-order valence-electron chi connectivity index (χ1n) is 6.61. The molecule has 0 radical (unpaired) electrons. The molecule has 0 amide bonds. The molecule has 1 heterocycles. The third kappa shape index (κ3) is 2.71. The van der Waals surface area contributed by atoms with Crippen LogP contribution in [0.3, 0.4) is 0 Å². The maximum atomic E-state index is 10.8. The number of hydrogen-bond donors (Lipinski definition) is 0. The highest BCUT2D eigenvalue weighted by Crippen LogP contribution is 2.35. The molecule has 0 N–H and O–H groups in total. The molecule has 1 aromatic carbocycles. The van der Waals surface area contributed by atoms with E-state index in [4.69, 9.17) is 0 Å². The zero-order valence-electron chi connectivity index (χ0n) is 11.0. The van der Waals surface area contributed by atoms with Crippen LogP contribution in [-0.4, -0.2) is 12.3 Å². The second kappa shape index (κ2) is 5.17. The van der Waals surface area contributed by atoms with Crippen molar-refractivity contribution in [3.8, 4) is 0 Å². The SMILES string of the molecule is Cc1cc(C=O)ccc1N(Cc1ccsc1)C1CC1. The Balaban J connectivity index is 1.89. The number of aldehydes is 1. The van der Waals surface area contributed by atoms with E-state index in [1.807, 2.05) is 12.1 Å². The first-order chi connectivity index (χ1) is 9.28. The highest BCUT2D eigenvalue weighted by atomic mass is 32.1. The lowest BCUT2D eigenvalue weighted by molar-refractivity contribution is 0.112. The Hall–Kier alpha value is -1.61. The maximum Gasteiger partial charge on any atom is 0.150 e. The average Bonchev–Trinajstić information content (AvgIpc) is 3.14. The number of benzene rings is 1. The molecule has 1 aliphatic carbocycles. The van der Waals surface area contributed by atoms with E-state index in [1.54, 1.807) is 11.3 Å². The second-order valence-electron chi connectivity index (χ2n) is 5.15. The fourth-order valence-corrected chi connectivity index (χ4v) is 3.11. The van der Waals surface area contributed by atoms with Crippen molar-refractivity contribution < 1.29 is 4.79 Å². The van der Waals surface area contributed by atoms with Gasteiger partial charge in [-0.3, -0.25) is 4.79 Å². The van der Waals surface area contributed by atoms with E-state index >= 15 is 0 Å². The summed E-state index contributed by atoms with van der Waals surface area (Å²) in [4.78, 5) is 13.3. The zero-order chi connectivity index (χ0) is 13.2. The minimum absolute atomic E-state index is 0.667. The largest absolute Gasteiger partial charge is 0.364 e. The normalized spacial score (nSPS) is 14.4. The molecule has 0 atom stereocenters. The Labute approximate surface area is 117 Å². The van der Waals surface area contributed by atoms with Crippen LogP contribution in [0.15, 0.2) is 35.0 Å². The molecule has 1 aliphatic rings. The molecular formula is C16H17NOS. The summed E-state index contributed by atoms with van der Waals surface area (Å²) >= 11 is 1.75. The minimum atomic E-state index is 0.667. The standard InChI is InChI=1S/C16H17NOS/c1-12-8-13(10-18)2-5-16(12)17(15-3-4-15)9-14-6-7-19-11-14/h2,5-8,10-11,15H,3-4,9H2,1H3. The van der Waals surface area contributed by atoms with E-state index in [0.29, 0.717) is 6.04 Å². The van der Waals surface area contributed by atoms with Gasteiger partial charge in [0, 0.05) is 23.8 Å². The third-order valence-corrected chi connectivity index (χ3v) is 4.32. The van der Waals surface area contributed by atoms with Crippen LogP contribution in [0.4, 0.5) is 5.69 Å². The smallest absolute Gasteiger partial charge is 0.150 e. The maximum absolute atomic E-state index is 10.8. The Morgan fingerprint density at radius 1 is 1.37 bits per heavy atom. The Morgan fingerprint density at radius 2 is 2.21 bits per heavy atom. The van der Waals surface area contributed by atoms with Crippen LogP contribution in [0.5, 0.6) is 0 Å². The monoisotopic (exact) mass is 271 g/mol. The summed E-state index contributed by atoms with van der Waals surface area (Å²) in [6, 6.07) is 8.84. The lowest BCUT2D eigenvalue weighted by Crippen LogP contribution is -2.25. The summed E-state index contributed by atoms with van der Waals surface area (Å²) in [7, 11) is 0. The van der Waals surface area contributed by atoms with Gasteiger partial charge in [0.1, 0.15) is 6.29 Å². The molecule has 0 unspecified atom stereocenters. The fraction of sp³-hybridized carbons (Fsp3) is 0.312. The number of carbonyl (C=O) groups excluding carboxylic acids is 1. The molecule has 1 aromatic heterocycles. The summed E-state index contributed by atoms with van der Waals surface area (Å²) in [5.74, 6) is 0. The van der Waals surface area contributed by atoms with E-state index in [1.165, 1.54) is 29.7 Å². The van der Waals surface area contributed by atoms with Gasteiger partial charge >= 0.3 is 0 Å². The van der Waals surface area contributed by atoms with Crippen LogP contribution in [0.1, 0.15) is 34.3 Å².